The van der Waals surface area contributed by atoms with Crippen LogP contribution in [-0.4, -0.2) is 19.0 Å². The maximum absolute atomic E-state index is 12.7. The molecule has 0 fully saturated rings. The van der Waals surface area contributed by atoms with Crippen molar-refractivity contribution < 1.29 is 23.0 Å². The van der Waals surface area contributed by atoms with Crippen LogP contribution in [0.2, 0.25) is 0 Å². The lowest BCUT2D eigenvalue weighted by atomic mass is 10.1. The van der Waals surface area contributed by atoms with Crippen molar-refractivity contribution in [3.63, 3.8) is 0 Å². The Balaban J connectivity index is 2.25. The molecule has 25 heavy (non-hydrogen) atoms. The van der Waals surface area contributed by atoms with Crippen LogP contribution < -0.4 is 10.2 Å². The minimum Gasteiger partial charge on any atom is -0.375 e. The van der Waals surface area contributed by atoms with Gasteiger partial charge in [0.1, 0.15) is 12.2 Å². The Morgan fingerprint density at radius 1 is 1.12 bits per heavy atom. The average molecular weight is 354 g/mol. The lowest BCUT2D eigenvalue weighted by Crippen LogP contribution is -3.04. The third-order valence-electron chi connectivity index (χ3n) is 3.65. The van der Waals surface area contributed by atoms with Crippen LogP contribution in [0.1, 0.15) is 16.7 Å². The maximum atomic E-state index is 12.7. The minimum atomic E-state index is -4.62. The molecule has 0 atom stereocenters. The summed E-state index contributed by atoms with van der Waals surface area (Å²) in [6.07, 6.45) is -4.62. The Labute approximate surface area is 143 Å². The molecule has 0 aliphatic heterocycles. The van der Waals surface area contributed by atoms with Gasteiger partial charge in [-0.3, -0.25) is 10.1 Å². The molecule has 0 unspecified atom stereocenters. The van der Waals surface area contributed by atoms with Gasteiger partial charge >= 0.3 is 6.18 Å². The van der Waals surface area contributed by atoms with Gasteiger partial charge < -0.3 is 10.2 Å². The van der Waals surface area contributed by atoms with Crippen molar-refractivity contribution in [3.8, 4) is 0 Å². The number of nitro groups is 1. The van der Waals surface area contributed by atoms with Gasteiger partial charge in [0, 0.05) is 18.2 Å². The van der Waals surface area contributed by atoms with Gasteiger partial charge in [0.05, 0.1) is 24.6 Å². The standard InChI is InChI=1S/C17H18F3N3O2/c1-22(2)11-13-6-4-3-5-12(13)10-21-15-8-7-14(17(18,19)20)9-16(15)23(24)25/h3-9,21H,10-11H2,1-2H3/p+1. The van der Waals surface area contributed by atoms with Crippen LogP contribution in [0.3, 0.4) is 0 Å². The highest BCUT2D eigenvalue weighted by molar-refractivity contribution is 5.63. The summed E-state index contributed by atoms with van der Waals surface area (Å²) in [5.41, 5.74) is 0.444. The topological polar surface area (TPSA) is 59.6 Å². The van der Waals surface area contributed by atoms with Crippen LogP contribution in [0.5, 0.6) is 0 Å². The monoisotopic (exact) mass is 354 g/mol. The largest absolute Gasteiger partial charge is 0.416 e. The number of nitrogens with one attached hydrogen (secondary N) is 2. The van der Waals surface area contributed by atoms with E-state index in [0.29, 0.717) is 6.07 Å². The Hall–Kier alpha value is -2.61. The fourth-order valence-corrected chi connectivity index (χ4v) is 2.48. The van der Waals surface area contributed by atoms with Crippen LogP contribution in [0.25, 0.3) is 0 Å². The number of benzene rings is 2. The summed E-state index contributed by atoms with van der Waals surface area (Å²) in [4.78, 5) is 11.5. The minimum absolute atomic E-state index is 0.0602. The summed E-state index contributed by atoms with van der Waals surface area (Å²) < 4.78 is 38.2. The third-order valence-corrected chi connectivity index (χ3v) is 3.65. The fourth-order valence-electron chi connectivity index (χ4n) is 2.48. The number of hydrogen-bond donors (Lipinski definition) is 2. The molecule has 2 N–H and O–H groups in total. The van der Waals surface area contributed by atoms with Crippen molar-refractivity contribution >= 4 is 11.4 Å². The molecule has 8 heteroatoms. The number of quaternary nitrogens is 1. The van der Waals surface area contributed by atoms with E-state index in [0.717, 1.165) is 29.8 Å². The molecular formula is C17H19F3N3O2+. The number of nitro benzene ring substituents is 1. The molecule has 134 valence electrons. The quantitative estimate of drug-likeness (QED) is 0.619. The summed E-state index contributed by atoms with van der Waals surface area (Å²) in [7, 11) is 4.01. The van der Waals surface area contributed by atoms with Gasteiger partial charge in [-0.05, 0) is 17.7 Å². The Morgan fingerprint density at radius 3 is 2.32 bits per heavy atom. The van der Waals surface area contributed by atoms with E-state index in [9.17, 15) is 23.3 Å². The molecule has 0 radical (unpaired) electrons. The molecule has 2 aromatic rings. The molecule has 2 rings (SSSR count). The smallest absolute Gasteiger partial charge is 0.375 e. The van der Waals surface area contributed by atoms with E-state index in [1.165, 1.54) is 4.90 Å². The van der Waals surface area contributed by atoms with Crippen molar-refractivity contribution in [2.45, 2.75) is 19.3 Å². The summed E-state index contributed by atoms with van der Waals surface area (Å²) in [6.45, 7) is 1.06. The summed E-state index contributed by atoms with van der Waals surface area (Å²) in [6, 6.07) is 10.1. The number of anilines is 1. The third kappa shape index (κ3) is 4.93. The lowest BCUT2D eigenvalue weighted by Gasteiger charge is -2.14. The van der Waals surface area contributed by atoms with Crippen LogP contribution in [-0.2, 0) is 19.3 Å². The van der Waals surface area contributed by atoms with Gasteiger partial charge in [0.15, 0.2) is 0 Å². The van der Waals surface area contributed by atoms with Gasteiger partial charge in [-0.25, -0.2) is 0 Å². The van der Waals surface area contributed by atoms with Crippen molar-refractivity contribution in [2.75, 3.05) is 19.4 Å². The number of alkyl halides is 3. The van der Waals surface area contributed by atoms with Gasteiger partial charge in [-0.15, -0.1) is 0 Å². The second-order valence-electron chi connectivity index (χ2n) is 5.99. The summed E-state index contributed by atoms with van der Waals surface area (Å²) in [5.74, 6) is 0. The molecule has 0 saturated heterocycles. The highest BCUT2D eigenvalue weighted by Crippen LogP contribution is 2.35. The highest BCUT2D eigenvalue weighted by atomic mass is 19.4. The van der Waals surface area contributed by atoms with Gasteiger partial charge in [0.25, 0.3) is 5.69 Å². The average Bonchev–Trinajstić information content (AvgIpc) is 2.52. The molecular weight excluding hydrogens is 335 g/mol. The zero-order valence-corrected chi connectivity index (χ0v) is 13.9. The lowest BCUT2D eigenvalue weighted by molar-refractivity contribution is -0.872. The first-order chi connectivity index (χ1) is 11.7. The number of rotatable bonds is 6. The van der Waals surface area contributed by atoms with Crippen molar-refractivity contribution in [2.24, 2.45) is 0 Å². The molecule has 0 spiro atoms. The molecule has 5 nitrogen and oxygen atoms in total. The first kappa shape index (κ1) is 18.7. The van der Waals surface area contributed by atoms with Gasteiger partial charge in [-0.2, -0.15) is 13.2 Å². The van der Waals surface area contributed by atoms with E-state index >= 15 is 0 Å². The molecule has 0 saturated carbocycles. The van der Waals surface area contributed by atoms with E-state index in [1.807, 2.05) is 38.4 Å². The van der Waals surface area contributed by atoms with Gasteiger partial charge in [0.2, 0.25) is 0 Å². The predicted octanol–water partition coefficient (Wildman–Crippen LogP) is 2.87. The zero-order chi connectivity index (χ0) is 18.6. The zero-order valence-electron chi connectivity index (χ0n) is 13.9. The predicted molar refractivity (Wildman–Crippen MR) is 88.4 cm³/mol. The molecule has 0 aliphatic rings. The number of nitrogens with zero attached hydrogens (tertiary/aromatic N) is 1. The Bertz CT molecular complexity index is 761. The number of hydrogen-bond acceptors (Lipinski definition) is 3. The van der Waals surface area contributed by atoms with E-state index < -0.39 is 22.4 Å². The summed E-state index contributed by atoms with van der Waals surface area (Å²) >= 11 is 0. The van der Waals surface area contributed by atoms with Crippen LogP contribution >= 0.6 is 0 Å². The molecule has 0 heterocycles. The van der Waals surface area contributed by atoms with Crippen molar-refractivity contribution in [3.05, 3.63) is 69.3 Å². The first-order valence-corrected chi connectivity index (χ1v) is 7.64. The van der Waals surface area contributed by atoms with Crippen LogP contribution in [0.4, 0.5) is 24.5 Å². The molecule has 0 bridgehead atoms. The highest BCUT2D eigenvalue weighted by Gasteiger charge is 2.33. The molecule has 0 aliphatic carbocycles. The van der Waals surface area contributed by atoms with Crippen molar-refractivity contribution in [1.82, 2.24) is 0 Å². The first-order valence-electron chi connectivity index (χ1n) is 7.64. The van der Waals surface area contributed by atoms with Crippen LogP contribution in [0.15, 0.2) is 42.5 Å². The maximum Gasteiger partial charge on any atom is 0.416 e. The van der Waals surface area contributed by atoms with E-state index in [1.54, 1.807) is 0 Å². The van der Waals surface area contributed by atoms with Gasteiger partial charge in [-0.1, -0.05) is 24.3 Å². The van der Waals surface area contributed by atoms with E-state index in [-0.39, 0.29) is 12.2 Å². The second kappa shape index (κ2) is 7.52. The normalized spacial score (nSPS) is 11.6. The van der Waals surface area contributed by atoms with Crippen molar-refractivity contribution in [1.29, 1.82) is 0 Å². The Morgan fingerprint density at radius 2 is 1.76 bits per heavy atom. The fraction of sp³-hybridized carbons (Fsp3) is 0.294. The Kier molecular flexibility index (Phi) is 5.63. The second-order valence-corrected chi connectivity index (χ2v) is 5.99. The summed E-state index contributed by atoms with van der Waals surface area (Å²) in [5, 5.41) is 14.0. The van der Waals surface area contributed by atoms with E-state index in [2.05, 4.69) is 5.32 Å². The number of halogens is 3. The van der Waals surface area contributed by atoms with Crippen LogP contribution in [0, 0.1) is 10.1 Å². The van der Waals surface area contributed by atoms with E-state index in [4.69, 9.17) is 0 Å². The molecule has 0 amide bonds. The SMILES string of the molecule is C[NH+](C)Cc1ccccc1CNc1ccc(C(F)(F)F)cc1[N+](=O)[O-]. The molecule has 0 aromatic heterocycles. The molecule has 2 aromatic carbocycles.